The number of carbonyl (C=O) groups is 6. The van der Waals surface area contributed by atoms with Crippen LogP contribution in [0.3, 0.4) is 0 Å². The lowest BCUT2D eigenvalue weighted by Crippen LogP contribution is -2.42. The molecule has 1 amide bonds. The predicted octanol–water partition coefficient (Wildman–Crippen LogP) is 4.82. The summed E-state index contributed by atoms with van der Waals surface area (Å²) in [6, 6.07) is 10.3. The van der Waals surface area contributed by atoms with Gasteiger partial charge in [-0.1, -0.05) is 58.5 Å². The number of hydrogen-bond acceptors (Lipinski definition) is 9. The van der Waals surface area contributed by atoms with Crippen molar-refractivity contribution in [3.63, 3.8) is 0 Å². The van der Waals surface area contributed by atoms with Crippen molar-refractivity contribution in [1.82, 2.24) is 5.32 Å². The van der Waals surface area contributed by atoms with Gasteiger partial charge in [0.1, 0.15) is 6.04 Å². The second-order valence-corrected chi connectivity index (χ2v) is 9.45. The first-order valence-corrected chi connectivity index (χ1v) is 12.9. The standard InChI is InChI=1S/C17H10Cl4O5.C9H9NO6/c18-10-3-1-4-11(19)14(10)16(23)25-7-9(22)8-26-17(24)15-12(20)5-2-6-13(15)21;11-7(12)4-5(9(14)15)10-8(13)6-2-1-3-16-6/h1-6H,7-8H2;1-3,5H,4H2,(H,10,13)(H,11,12)(H,14,15)/t;5-/m.0/s1. The largest absolute Gasteiger partial charge is 0.481 e. The van der Waals surface area contributed by atoms with Crippen LogP contribution < -0.4 is 5.32 Å². The molecule has 42 heavy (non-hydrogen) atoms. The molecule has 0 radical (unpaired) electrons. The highest BCUT2D eigenvalue weighted by Gasteiger charge is 2.24. The second-order valence-electron chi connectivity index (χ2n) is 7.82. The van der Waals surface area contributed by atoms with Gasteiger partial charge >= 0.3 is 23.9 Å². The van der Waals surface area contributed by atoms with Gasteiger partial charge in [-0.25, -0.2) is 14.4 Å². The van der Waals surface area contributed by atoms with Crippen molar-refractivity contribution in [1.29, 1.82) is 0 Å². The summed E-state index contributed by atoms with van der Waals surface area (Å²) in [7, 11) is 0. The van der Waals surface area contributed by atoms with Gasteiger partial charge in [0.25, 0.3) is 5.91 Å². The Labute approximate surface area is 257 Å². The summed E-state index contributed by atoms with van der Waals surface area (Å²) >= 11 is 23.5. The number of carboxylic acid groups (broad SMARTS) is 2. The molecule has 3 aromatic rings. The molecular weight excluding hydrogens is 644 g/mol. The van der Waals surface area contributed by atoms with Crippen LogP contribution in [0.15, 0.2) is 59.2 Å². The molecule has 0 spiro atoms. The number of rotatable bonds is 11. The maximum atomic E-state index is 12.0. The van der Waals surface area contributed by atoms with Crippen molar-refractivity contribution in [2.45, 2.75) is 12.5 Å². The molecule has 0 fully saturated rings. The summed E-state index contributed by atoms with van der Waals surface area (Å²) in [5.41, 5.74) is -0.105. The normalized spacial score (nSPS) is 10.9. The van der Waals surface area contributed by atoms with Crippen molar-refractivity contribution in [3.8, 4) is 0 Å². The Balaban J connectivity index is 0.000000330. The molecule has 0 aliphatic rings. The molecule has 0 saturated heterocycles. The van der Waals surface area contributed by atoms with Crippen molar-refractivity contribution in [3.05, 3.63) is 91.8 Å². The van der Waals surface area contributed by atoms with Gasteiger partial charge in [-0.05, 0) is 36.4 Å². The fourth-order valence-electron chi connectivity index (χ4n) is 2.88. The van der Waals surface area contributed by atoms with Gasteiger partial charge in [0, 0.05) is 0 Å². The van der Waals surface area contributed by atoms with Crippen molar-refractivity contribution in [2.75, 3.05) is 13.2 Å². The molecule has 12 nitrogen and oxygen atoms in total. The highest BCUT2D eigenvalue weighted by atomic mass is 35.5. The van der Waals surface area contributed by atoms with E-state index in [0.717, 1.165) is 0 Å². The Kier molecular flexibility index (Phi) is 13.3. The first kappa shape index (κ1) is 34.1. The van der Waals surface area contributed by atoms with E-state index in [1.54, 1.807) is 12.1 Å². The van der Waals surface area contributed by atoms with E-state index in [4.69, 9.17) is 70.5 Å². The molecule has 2 aromatic carbocycles. The number of ketones is 1. The topological polar surface area (TPSA) is 187 Å². The minimum atomic E-state index is -1.48. The molecule has 1 atom stereocenters. The molecule has 3 N–H and O–H groups in total. The maximum Gasteiger partial charge on any atom is 0.341 e. The third kappa shape index (κ3) is 10.4. The van der Waals surface area contributed by atoms with Crippen LogP contribution in [0.1, 0.15) is 37.7 Å². The van der Waals surface area contributed by atoms with Crippen LogP contribution in [0.4, 0.5) is 0 Å². The molecule has 0 aliphatic carbocycles. The van der Waals surface area contributed by atoms with Gasteiger partial charge in [0.15, 0.2) is 19.0 Å². The smallest absolute Gasteiger partial charge is 0.341 e. The van der Waals surface area contributed by atoms with E-state index in [9.17, 15) is 28.8 Å². The molecule has 1 aromatic heterocycles. The lowest BCUT2D eigenvalue weighted by atomic mass is 10.2. The number of esters is 2. The van der Waals surface area contributed by atoms with Gasteiger partial charge in [0.05, 0.1) is 43.9 Å². The minimum Gasteiger partial charge on any atom is -0.481 e. The number of ether oxygens (including phenoxy) is 2. The molecule has 3 rings (SSSR count). The molecular formula is C26H19Cl4NO11. The molecule has 0 bridgehead atoms. The number of carbonyl (C=O) groups excluding carboxylic acids is 4. The highest BCUT2D eigenvalue weighted by molar-refractivity contribution is 6.40. The van der Waals surface area contributed by atoms with Gasteiger partial charge < -0.3 is 29.4 Å². The minimum absolute atomic E-state index is 0.0523. The second kappa shape index (κ2) is 16.4. The number of Topliss-reactive ketones (excluding diaryl/α,β-unsaturated/α-hetero) is 1. The van der Waals surface area contributed by atoms with Crippen LogP contribution in [0.25, 0.3) is 0 Å². The summed E-state index contributed by atoms with van der Waals surface area (Å²) in [4.78, 5) is 68.0. The van der Waals surface area contributed by atoms with Gasteiger partial charge in [-0.15, -0.1) is 0 Å². The van der Waals surface area contributed by atoms with Gasteiger partial charge in [0.2, 0.25) is 5.78 Å². The van der Waals surface area contributed by atoms with E-state index in [1.165, 1.54) is 42.7 Å². The number of nitrogens with one attached hydrogen (secondary N) is 1. The van der Waals surface area contributed by atoms with Gasteiger partial charge in [-0.2, -0.15) is 0 Å². The molecule has 16 heteroatoms. The van der Waals surface area contributed by atoms with Crippen LogP contribution >= 0.6 is 46.4 Å². The summed E-state index contributed by atoms with van der Waals surface area (Å²) in [6.45, 7) is -1.24. The molecule has 0 saturated carbocycles. The number of aliphatic carboxylic acids is 2. The summed E-state index contributed by atoms with van der Waals surface area (Å²) in [6.07, 6.45) is 0.559. The lowest BCUT2D eigenvalue weighted by Gasteiger charge is -2.10. The van der Waals surface area contributed by atoms with Crippen molar-refractivity contribution < 1.29 is 52.9 Å². The Morgan fingerprint density at radius 2 is 1.19 bits per heavy atom. The van der Waals surface area contributed by atoms with Crippen LogP contribution in [0, 0.1) is 0 Å². The van der Waals surface area contributed by atoms with Crippen molar-refractivity contribution >= 4 is 82.0 Å². The molecule has 222 valence electrons. The number of amides is 1. The Morgan fingerprint density at radius 3 is 1.55 bits per heavy atom. The number of furan rings is 1. The zero-order valence-electron chi connectivity index (χ0n) is 21.0. The summed E-state index contributed by atoms with van der Waals surface area (Å²) in [5, 5.41) is 19.5. The zero-order valence-corrected chi connectivity index (χ0v) is 24.0. The van der Waals surface area contributed by atoms with Crippen LogP contribution in [-0.2, 0) is 23.9 Å². The first-order chi connectivity index (χ1) is 19.8. The first-order valence-electron chi connectivity index (χ1n) is 11.3. The third-order valence-corrected chi connectivity index (χ3v) is 6.05. The lowest BCUT2D eigenvalue weighted by molar-refractivity contribution is -0.145. The molecule has 1 heterocycles. The summed E-state index contributed by atoms with van der Waals surface area (Å²) in [5.74, 6) is -5.95. The summed E-state index contributed by atoms with van der Waals surface area (Å²) < 4.78 is 14.4. The van der Waals surface area contributed by atoms with E-state index < -0.39 is 61.2 Å². The fourth-order valence-corrected chi connectivity index (χ4v) is 3.98. The van der Waals surface area contributed by atoms with E-state index in [0.29, 0.717) is 0 Å². The third-order valence-electron chi connectivity index (χ3n) is 4.79. The van der Waals surface area contributed by atoms with Crippen molar-refractivity contribution in [2.24, 2.45) is 0 Å². The fraction of sp³-hybridized carbons (Fsp3) is 0.154. The number of benzene rings is 2. The van der Waals surface area contributed by atoms with Gasteiger partial charge in [-0.3, -0.25) is 14.4 Å². The number of hydrogen-bond donors (Lipinski definition) is 3. The van der Waals surface area contributed by atoms with Crippen LogP contribution in [0.2, 0.25) is 20.1 Å². The quantitative estimate of drug-likeness (QED) is 0.239. The number of carboxylic acids is 2. The number of halogens is 4. The average Bonchev–Trinajstić information content (AvgIpc) is 3.46. The zero-order chi connectivity index (χ0) is 31.4. The predicted molar refractivity (Wildman–Crippen MR) is 148 cm³/mol. The molecule has 0 unspecified atom stereocenters. The van der Waals surface area contributed by atoms with Crippen LogP contribution in [0.5, 0.6) is 0 Å². The van der Waals surface area contributed by atoms with E-state index in [-0.39, 0.29) is 37.0 Å². The molecule has 0 aliphatic heterocycles. The Bertz CT molecular complexity index is 1360. The van der Waals surface area contributed by atoms with E-state index >= 15 is 0 Å². The van der Waals surface area contributed by atoms with Crippen LogP contribution in [-0.4, -0.2) is 65.0 Å². The van der Waals surface area contributed by atoms with E-state index in [2.05, 4.69) is 0 Å². The average molecular weight is 663 g/mol. The highest BCUT2D eigenvalue weighted by Crippen LogP contribution is 2.26. The SMILES string of the molecule is O=C(COC(=O)c1c(Cl)cccc1Cl)COC(=O)c1c(Cl)cccc1Cl.O=C(O)C[C@H](NC(=O)c1ccco1)C(=O)O. The Morgan fingerprint density at radius 1 is 0.738 bits per heavy atom. The maximum absolute atomic E-state index is 12.0. The monoisotopic (exact) mass is 661 g/mol. The Hall–Kier alpha value is -4.10. The van der Waals surface area contributed by atoms with E-state index in [1.807, 2.05) is 5.32 Å².